The van der Waals surface area contributed by atoms with Crippen LogP contribution in [0.4, 0.5) is 10.1 Å². The SMILES string of the molecule is CC(C)(C(=O)NCCc1ccccc1)C(=O)Nc1ccccc1F. The summed E-state index contributed by atoms with van der Waals surface area (Å²) in [6.07, 6.45) is 0.678. The zero-order chi connectivity index (χ0) is 17.6. The molecule has 0 aliphatic heterocycles. The van der Waals surface area contributed by atoms with Crippen LogP contribution in [0.5, 0.6) is 0 Å². The van der Waals surface area contributed by atoms with Gasteiger partial charge in [0.1, 0.15) is 11.2 Å². The van der Waals surface area contributed by atoms with E-state index in [4.69, 9.17) is 0 Å². The summed E-state index contributed by atoms with van der Waals surface area (Å²) >= 11 is 0. The molecule has 0 saturated heterocycles. The summed E-state index contributed by atoms with van der Waals surface area (Å²) in [5, 5.41) is 5.22. The van der Waals surface area contributed by atoms with Gasteiger partial charge in [0, 0.05) is 6.54 Å². The average molecular weight is 328 g/mol. The minimum atomic E-state index is -1.31. The van der Waals surface area contributed by atoms with Crippen molar-refractivity contribution in [1.82, 2.24) is 5.32 Å². The molecule has 0 saturated carbocycles. The van der Waals surface area contributed by atoms with Crippen molar-refractivity contribution in [3.8, 4) is 0 Å². The van der Waals surface area contributed by atoms with Crippen LogP contribution in [0.2, 0.25) is 0 Å². The van der Waals surface area contributed by atoms with Crippen molar-refractivity contribution in [2.45, 2.75) is 20.3 Å². The molecule has 0 heterocycles. The first-order chi connectivity index (χ1) is 11.4. The van der Waals surface area contributed by atoms with Crippen molar-refractivity contribution < 1.29 is 14.0 Å². The number of amides is 2. The van der Waals surface area contributed by atoms with Crippen LogP contribution < -0.4 is 10.6 Å². The van der Waals surface area contributed by atoms with Gasteiger partial charge >= 0.3 is 0 Å². The lowest BCUT2D eigenvalue weighted by Crippen LogP contribution is -2.45. The molecule has 4 nitrogen and oxygen atoms in total. The lowest BCUT2D eigenvalue weighted by Gasteiger charge is -2.23. The van der Waals surface area contributed by atoms with E-state index in [1.165, 1.54) is 32.0 Å². The van der Waals surface area contributed by atoms with E-state index >= 15 is 0 Å². The Morgan fingerprint density at radius 3 is 2.25 bits per heavy atom. The minimum absolute atomic E-state index is 0.0626. The van der Waals surface area contributed by atoms with Crippen molar-refractivity contribution in [3.05, 3.63) is 66.0 Å². The number of benzene rings is 2. The Morgan fingerprint density at radius 2 is 1.58 bits per heavy atom. The quantitative estimate of drug-likeness (QED) is 0.800. The molecule has 0 fully saturated rings. The van der Waals surface area contributed by atoms with E-state index in [1.807, 2.05) is 30.3 Å². The van der Waals surface area contributed by atoms with Gasteiger partial charge in [-0.1, -0.05) is 42.5 Å². The molecule has 0 aliphatic rings. The van der Waals surface area contributed by atoms with E-state index in [0.717, 1.165) is 5.56 Å². The molecule has 0 atom stereocenters. The molecule has 0 radical (unpaired) electrons. The number of halogens is 1. The van der Waals surface area contributed by atoms with Crippen molar-refractivity contribution >= 4 is 17.5 Å². The zero-order valence-corrected chi connectivity index (χ0v) is 13.8. The van der Waals surface area contributed by atoms with Gasteiger partial charge in [-0.3, -0.25) is 9.59 Å². The van der Waals surface area contributed by atoms with Crippen LogP contribution in [-0.2, 0) is 16.0 Å². The van der Waals surface area contributed by atoms with Gasteiger partial charge in [0.05, 0.1) is 5.69 Å². The van der Waals surface area contributed by atoms with Gasteiger partial charge in [-0.05, 0) is 38.0 Å². The Balaban J connectivity index is 1.91. The second kappa shape index (κ2) is 7.73. The van der Waals surface area contributed by atoms with Gasteiger partial charge < -0.3 is 10.6 Å². The first-order valence-corrected chi connectivity index (χ1v) is 7.79. The van der Waals surface area contributed by atoms with Crippen LogP contribution >= 0.6 is 0 Å². The maximum Gasteiger partial charge on any atom is 0.239 e. The zero-order valence-electron chi connectivity index (χ0n) is 13.8. The van der Waals surface area contributed by atoms with Crippen LogP contribution in [0.1, 0.15) is 19.4 Å². The smallest absolute Gasteiger partial charge is 0.239 e. The number of carbonyl (C=O) groups excluding carboxylic acids is 2. The normalized spacial score (nSPS) is 11.0. The Morgan fingerprint density at radius 1 is 0.958 bits per heavy atom. The fraction of sp³-hybridized carbons (Fsp3) is 0.263. The van der Waals surface area contributed by atoms with E-state index in [1.54, 1.807) is 6.07 Å². The maximum absolute atomic E-state index is 13.6. The van der Waals surface area contributed by atoms with Crippen LogP contribution in [0.3, 0.4) is 0 Å². The largest absolute Gasteiger partial charge is 0.355 e. The number of hydrogen-bond donors (Lipinski definition) is 2. The molecule has 2 aromatic rings. The molecule has 2 rings (SSSR count). The monoisotopic (exact) mass is 328 g/mol. The second-order valence-electron chi connectivity index (χ2n) is 6.05. The van der Waals surface area contributed by atoms with Crippen LogP contribution in [0.15, 0.2) is 54.6 Å². The van der Waals surface area contributed by atoms with Crippen molar-refractivity contribution in [2.24, 2.45) is 5.41 Å². The highest BCUT2D eigenvalue weighted by Crippen LogP contribution is 2.20. The van der Waals surface area contributed by atoms with E-state index in [0.29, 0.717) is 13.0 Å². The maximum atomic E-state index is 13.6. The fourth-order valence-electron chi connectivity index (χ4n) is 2.13. The summed E-state index contributed by atoms with van der Waals surface area (Å²) < 4.78 is 13.6. The molecule has 0 spiro atoms. The molecule has 0 unspecified atom stereocenters. The van der Waals surface area contributed by atoms with Crippen LogP contribution in [-0.4, -0.2) is 18.4 Å². The molecule has 2 N–H and O–H groups in total. The molecule has 0 bridgehead atoms. The summed E-state index contributed by atoms with van der Waals surface area (Å²) in [6.45, 7) is 3.46. The predicted molar refractivity (Wildman–Crippen MR) is 92.0 cm³/mol. The third-order valence-electron chi connectivity index (χ3n) is 3.80. The third-order valence-corrected chi connectivity index (χ3v) is 3.80. The van der Waals surface area contributed by atoms with Gasteiger partial charge in [-0.15, -0.1) is 0 Å². The van der Waals surface area contributed by atoms with E-state index in [2.05, 4.69) is 10.6 Å². The number of anilines is 1. The number of nitrogens with one attached hydrogen (secondary N) is 2. The van der Waals surface area contributed by atoms with Gasteiger partial charge in [-0.2, -0.15) is 0 Å². The standard InChI is InChI=1S/C19H21FN2O2/c1-19(2,18(24)22-16-11-7-6-10-15(16)20)17(23)21-13-12-14-8-4-3-5-9-14/h3-11H,12-13H2,1-2H3,(H,21,23)(H,22,24). The first-order valence-electron chi connectivity index (χ1n) is 7.79. The Hall–Kier alpha value is -2.69. The van der Waals surface area contributed by atoms with E-state index < -0.39 is 23.0 Å². The van der Waals surface area contributed by atoms with Crippen molar-refractivity contribution in [3.63, 3.8) is 0 Å². The number of carbonyl (C=O) groups is 2. The fourth-order valence-corrected chi connectivity index (χ4v) is 2.13. The summed E-state index contributed by atoms with van der Waals surface area (Å²) in [5.41, 5.74) is -0.141. The molecular formula is C19H21FN2O2. The topological polar surface area (TPSA) is 58.2 Å². The predicted octanol–water partition coefficient (Wildman–Crippen LogP) is 3.15. The van der Waals surface area contributed by atoms with Crippen LogP contribution in [0.25, 0.3) is 0 Å². The number of hydrogen-bond acceptors (Lipinski definition) is 2. The Kier molecular flexibility index (Phi) is 5.68. The lowest BCUT2D eigenvalue weighted by atomic mass is 9.90. The molecule has 126 valence electrons. The summed E-state index contributed by atoms with van der Waals surface area (Å²) in [5.74, 6) is -1.48. The summed E-state index contributed by atoms with van der Waals surface area (Å²) in [6, 6.07) is 15.6. The summed E-state index contributed by atoms with van der Waals surface area (Å²) in [7, 11) is 0. The Bertz CT molecular complexity index is 714. The van der Waals surface area contributed by atoms with Gasteiger partial charge in [0.2, 0.25) is 11.8 Å². The van der Waals surface area contributed by atoms with Crippen molar-refractivity contribution in [2.75, 3.05) is 11.9 Å². The molecule has 24 heavy (non-hydrogen) atoms. The minimum Gasteiger partial charge on any atom is -0.355 e. The highest BCUT2D eigenvalue weighted by atomic mass is 19.1. The first kappa shape index (κ1) is 17.7. The van der Waals surface area contributed by atoms with Gasteiger partial charge in [0.25, 0.3) is 0 Å². The number of rotatable bonds is 6. The Labute approximate surface area is 141 Å². The summed E-state index contributed by atoms with van der Waals surface area (Å²) in [4.78, 5) is 24.6. The van der Waals surface area contributed by atoms with Gasteiger partial charge in [0.15, 0.2) is 0 Å². The molecular weight excluding hydrogens is 307 g/mol. The highest BCUT2D eigenvalue weighted by molar-refractivity contribution is 6.09. The molecule has 0 aliphatic carbocycles. The average Bonchev–Trinajstić information content (AvgIpc) is 2.57. The molecule has 2 amide bonds. The van der Waals surface area contributed by atoms with E-state index in [-0.39, 0.29) is 5.69 Å². The molecule has 5 heteroatoms. The highest BCUT2D eigenvalue weighted by Gasteiger charge is 2.36. The number of para-hydroxylation sites is 1. The molecule has 2 aromatic carbocycles. The molecule has 0 aromatic heterocycles. The van der Waals surface area contributed by atoms with Gasteiger partial charge in [-0.25, -0.2) is 4.39 Å². The van der Waals surface area contributed by atoms with Crippen LogP contribution in [0, 0.1) is 11.2 Å². The van der Waals surface area contributed by atoms with Crippen molar-refractivity contribution in [1.29, 1.82) is 0 Å². The third kappa shape index (κ3) is 4.41. The second-order valence-corrected chi connectivity index (χ2v) is 6.05. The van der Waals surface area contributed by atoms with E-state index in [9.17, 15) is 14.0 Å². The lowest BCUT2D eigenvalue weighted by molar-refractivity contribution is -0.138.